The third kappa shape index (κ3) is 5.08. The topological polar surface area (TPSA) is 46.4 Å². The highest BCUT2D eigenvalue weighted by Crippen LogP contribution is 2.32. The first-order valence-electron chi connectivity index (χ1n) is 11.2. The Hall–Kier alpha value is -4.41. The van der Waals surface area contributed by atoms with Crippen LogP contribution in [0.1, 0.15) is 15.9 Å². The number of hydrazone groups is 1. The van der Waals surface area contributed by atoms with Gasteiger partial charge in [-0.1, -0.05) is 84.4 Å². The summed E-state index contributed by atoms with van der Waals surface area (Å²) in [4.78, 5) is 12.6. The molecule has 4 nitrogen and oxygen atoms in total. The Kier molecular flexibility index (Phi) is 6.55. The van der Waals surface area contributed by atoms with Crippen molar-refractivity contribution in [3.8, 4) is 28.2 Å². The van der Waals surface area contributed by atoms with Crippen LogP contribution < -0.4 is 5.43 Å². The van der Waals surface area contributed by atoms with Gasteiger partial charge in [-0.2, -0.15) is 5.10 Å². The molecule has 0 aliphatic rings. The number of hydrogen-bond donors (Lipinski definition) is 1. The number of carbonyl (C=O) groups is 1. The van der Waals surface area contributed by atoms with Crippen molar-refractivity contribution >= 4 is 23.7 Å². The maximum Gasteiger partial charge on any atom is 0.271 e. The lowest BCUT2D eigenvalue weighted by Gasteiger charge is -2.15. The lowest BCUT2D eigenvalue weighted by Crippen LogP contribution is -2.17. The number of rotatable bonds is 6. The highest BCUT2D eigenvalue weighted by Gasteiger charge is 2.14. The molecular formula is C30H22ClN3O. The van der Waals surface area contributed by atoms with Crippen LogP contribution in [0.3, 0.4) is 0 Å². The summed E-state index contributed by atoms with van der Waals surface area (Å²) in [7, 11) is 0. The second-order valence-electron chi connectivity index (χ2n) is 7.97. The second kappa shape index (κ2) is 10.2. The van der Waals surface area contributed by atoms with Gasteiger partial charge in [-0.25, -0.2) is 5.43 Å². The van der Waals surface area contributed by atoms with Crippen LogP contribution in [0, 0.1) is 0 Å². The monoisotopic (exact) mass is 475 g/mol. The number of amides is 1. The van der Waals surface area contributed by atoms with Crippen molar-refractivity contribution in [2.24, 2.45) is 5.10 Å². The summed E-state index contributed by atoms with van der Waals surface area (Å²) >= 11 is 5.90. The molecular weight excluding hydrogens is 454 g/mol. The number of benzene rings is 4. The molecule has 0 radical (unpaired) electrons. The van der Waals surface area contributed by atoms with E-state index >= 15 is 0 Å². The van der Waals surface area contributed by atoms with E-state index in [9.17, 15) is 4.79 Å². The van der Waals surface area contributed by atoms with Crippen LogP contribution in [0.25, 0.3) is 28.2 Å². The third-order valence-corrected chi connectivity index (χ3v) is 5.91. The molecule has 1 N–H and O–H groups in total. The van der Waals surface area contributed by atoms with E-state index in [4.69, 9.17) is 11.6 Å². The summed E-state index contributed by atoms with van der Waals surface area (Å²) in [6, 6.07) is 39.6. The first kappa shape index (κ1) is 22.4. The van der Waals surface area contributed by atoms with Crippen LogP contribution in [-0.2, 0) is 0 Å². The summed E-state index contributed by atoms with van der Waals surface area (Å²) in [6.07, 6.45) is 1.58. The molecule has 0 saturated carbocycles. The molecule has 35 heavy (non-hydrogen) atoms. The Morgan fingerprint density at radius 3 is 1.77 bits per heavy atom. The molecule has 0 atom stereocenters. The Morgan fingerprint density at radius 1 is 0.686 bits per heavy atom. The number of aromatic nitrogens is 1. The maximum atomic E-state index is 12.6. The van der Waals surface area contributed by atoms with Crippen molar-refractivity contribution in [2.45, 2.75) is 0 Å². The molecule has 5 aromatic rings. The number of nitrogens with one attached hydrogen (secondary N) is 1. The molecule has 5 heteroatoms. The van der Waals surface area contributed by atoms with Gasteiger partial charge >= 0.3 is 0 Å². The molecule has 5 rings (SSSR count). The molecule has 0 saturated heterocycles. The van der Waals surface area contributed by atoms with Gasteiger partial charge in [0.05, 0.1) is 17.6 Å². The fourth-order valence-corrected chi connectivity index (χ4v) is 4.05. The van der Waals surface area contributed by atoms with Crippen LogP contribution in [0.5, 0.6) is 0 Å². The average molecular weight is 476 g/mol. The second-order valence-corrected chi connectivity index (χ2v) is 8.41. The normalized spacial score (nSPS) is 11.0. The largest absolute Gasteiger partial charge is 0.309 e. The summed E-state index contributed by atoms with van der Waals surface area (Å²) in [6.45, 7) is 0. The highest BCUT2D eigenvalue weighted by atomic mass is 35.5. The van der Waals surface area contributed by atoms with E-state index < -0.39 is 0 Å². The van der Waals surface area contributed by atoms with Crippen molar-refractivity contribution in [1.82, 2.24) is 9.99 Å². The Balaban J connectivity index is 1.43. The maximum absolute atomic E-state index is 12.6. The molecule has 4 aromatic carbocycles. The van der Waals surface area contributed by atoms with Crippen LogP contribution in [0.4, 0.5) is 0 Å². The standard InChI is InChI=1S/C30H22ClN3O/c31-26-15-11-22(12-16-26)21-32-33-30(35)25-13-17-27(18-14-25)34-28(23-7-3-1-4-8-23)19-20-29(34)24-9-5-2-6-10-24/h1-21H,(H,33,35). The van der Waals surface area contributed by atoms with Gasteiger partial charge in [-0.05, 0) is 65.2 Å². The van der Waals surface area contributed by atoms with Crippen LogP contribution in [0.2, 0.25) is 5.02 Å². The summed E-state index contributed by atoms with van der Waals surface area (Å²) in [5.74, 6) is -0.277. The molecule has 170 valence electrons. The molecule has 1 heterocycles. The molecule has 1 amide bonds. The van der Waals surface area contributed by atoms with Gasteiger partial charge < -0.3 is 4.57 Å². The van der Waals surface area contributed by atoms with Crippen molar-refractivity contribution in [3.05, 3.63) is 137 Å². The van der Waals surface area contributed by atoms with E-state index in [1.807, 2.05) is 72.8 Å². The molecule has 0 aliphatic carbocycles. The van der Waals surface area contributed by atoms with E-state index in [0.717, 1.165) is 33.8 Å². The van der Waals surface area contributed by atoms with Gasteiger partial charge in [0.15, 0.2) is 0 Å². The molecule has 0 bridgehead atoms. The van der Waals surface area contributed by atoms with E-state index in [0.29, 0.717) is 10.6 Å². The number of halogens is 1. The third-order valence-electron chi connectivity index (χ3n) is 5.66. The minimum atomic E-state index is -0.277. The summed E-state index contributed by atoms with van der Waals surface area (Å²) in [5.41, 5.74) is 9.31. The van der Waals surface area contributed by atoms with Gasteiger partial charge in [0.2, 0.25) is 0 Å². The summed E-state index contributed by atoms with van der Waals surface area (Å²) in [5, 5.41) is 4.71. The number of carbonyl (C=O) groups excluding carboxylic acids is 1. The Labute approximate surface area is 209 Å². The van der Waals surface area contributed by atoms with Crippen molar-refractivity contribution in [1.29, 1.82) is 0 Å². The highest BCUT2D eigenvalue weighted by molar-refractivity contribution is 6.30. The predicted molar refractivity (Wildman–Crippen MR) is 143 cm³/mol. The Morgan fingerprint density at radius 2 is 1.23 bits per heavy atom. The van der Waals surface area contributed by atoms with Gasteiger partial charge in [-0.15, -0.1) is 0 Å². The van der Waals surface area contributed by atoms with E-state index in [2.05, 4.69) is 51.5 Å². The first-order valence-corrected chi connectivity index (χ1v) is 11.6. The average Bonchev–Trinajstić information content (AvgIpc) is 3.36. The smallest absolute Gasteiger partial charge is 0.271 e. The first-order chi connectivity index (χ1) is 17.2. The van der Waals surface area contributed by atoms with Crippen LogP contribution >= 0.6 is 11.6 Å². The van der Waals surface area contributed by atoms with Gasteiger partial charge in [0.1, 0.15) is 0 Å². The van der Waals surface area contributed by atoms with Crippen LogP contribution in [0.15, 0.2) is 126 Å². The Bertz CT molecular complexity index is 1400. The SMILES string of the molecule is O=C(NN=Cc1ccc(Cl)cc1)c1ccc(-n2c(-c3ccccc3)ccc2-c2ccccc2)cc1. The number of nitrogens with zero attached hydrogens (tertiary/aromatic N) is 2. The van der Waals surface area contributed by atoms with Crippen molar-refractivity contribution < 1.29 is 4.79 Å². The molecule has 0 fully saturated rings. The van der Waals surface area contributed by atoms with Crippen LogP contribution in [-0.4, -0.2) is 16.7 Å². The minimum absolute atomic E-state index is 0.277. The van der Waals surface area contributed by atoms with E-state index in [-0.39, 0.29) is 5.91 Å². The number of hydrogen-bond acceptors (Lipinski definition) is 2. The van der Waals surface area contributed by atoms with Gasteiger partial charge in [0.25, 0.3) is 5.91 Å². The summed E-state index contributed by atoms with van der Waals surface area (Å²) < 4.78 is 2.21. The zero-order valence-corrected chi connectivity index (χ0v) is 19.6. The zero-order chi connectivity index (χ0) is 24.0. The fourth-order valence-electron chi connectivity index (χ4n) is 3.92. The zero-order valence-electron chi connectivity index (χ0n) is 18.8. The fraction of sp³-hybridized carbons (Fsp3) is 0. The lowest BCUT2D eigenvalue weighted by atomic mass is 10.1. The van der Waals surface area contributed by atoms with Crippen molar-refractivity contribution in [3.63, 3.8) is 0 Å². The molecule has 0 unspecified atom stereocenters. The molecule has 0 aliphatic heterocycles. The quantitative estimate of drug-likeness (QED) is 0.204. The van der Waals surface area contributed by atoms with E-state index in [1.54, 1.807) is 18.3 Å². The van der Waals surface area contributed by atoms with Gasteiger partial charge in [0, 0.05) is 16.3 Å². The molecule has 0 spiro atoms. The van der Waals surface area contributed by atoms with Gasteiger partial charge in [-0.3, -0.25) is 4.79 Å². The van der Waals surface area contributed by atoms with Crippen molar-refractivity contribution in [2.75, 3.05) is 0 Å². The predicted octanol–water partition coefficient (Wildman–Crippen LogP) is 7.23. The minimum Gasteiger partial charge on any atom is -0.309 e. The lowest BCUT2D eigenvalue weighted by molar-refractivity contribution is 0.0955. The molecule has 1 aromatic heterocycles. The van der Waals surface area contributed by atoms with E-state index in [1.165, 1.54) is 0 Å².